The summed E-state index contributed by atoms with van der Waals surface area (Å²) in [4.78, 5) is 23.4. The van der Waals surface area contributed by atoms with Gasteiger partial charge in [0.25, 0.3) is 0 Å². The van der Waals surface area contributed by atoms with Crippen molar-refractivity contribution >= 4 is 12.2 Å². The summed E-state index contributed by atoms with van der Waals surface area (Å²) < 4.78 is 6.22. The lowest BCUT2D eigenvalue weighted by Crippen LogP contribution is -2.12. The summed E-state index contributed by atoms with van der Waals surface area (Å²) in [7, 11) is 0. The first-order valence-corrected chi connectivity index (χ1v) is 3.89. The van der Waals surface area contributed by atoms with Crippen LogP contribution in [0.3, 0.4) is 0 Å². The Kier molecular flexibility index (Phi) is 3.29. The zero-order valence-corrected chi connectivity index (χ0v) is 7.49. The van der Waals surface area contributed by atoms with Gasteiger partial charge in [0.2, 0.25) is 0 Å². The summed E-state index contributed by atoms with van der Waals surface area (Å²) in [6.07, 6.45) is 2.73. The van der Waals surface area contributed by atoms with Crippen molar-refractivity contribution in [1.29, 1.82) is 0 Å². The first-order chi connectivity index (χ1) is 6.66. The van der Waals surface area contributed by atoms with E-state index in [-0.39, 0.29) is 12.6 Å². The van der Waals surface area contributed by atoms with E-state index in [0.29, 0.717) is 6.29 Å². The van der Waals surface area contributed by atoms with Crippen molar-refractivity contribution in [2.45, 2.75) is 13.2 Å². The first-order valence-electron chi connectivity index (χ1n) is 3.89. The molecule has 0 saturated carbocycles. The number of nitrogens with zero attached hydrogens (tertiary/aromatic N) is 3. The van der Waals surface area contributed by atoms with E-state index in [1.54, 1.807) is 6.92 Å². The van der Waals surface area contributed by atoms with Gasteiger partial charge in [0.1, 0.15) is 25.3 Å². The van der Waals surface area contributed by atoms with E-state index < -0.39 is 11.2 Å². The molecule has 1 heterocycles. The summed E-state index contributed by atoms with van der Waals surface area (Å²) in [5, 5.41) is 10.5. The summed E-state index contributed by atoms with van der Waals surface area (Å²) in [5.74, 6) is -0.302. The second-order valence-electron chi connectivity index (χ2n) is 2.49. The molecule has 0 aromatic carbocycles. The fourth-order valence-electron chi connectivity index (χ4n) is 0.989. The van der Waals surface area contributed by atoms with Gasteiger partial charge in [0.15, 0.2) is 6.23 Å². The molecule has 14 heavy (non-hydrogen) atoms. The van der Waals surface area contributed by atoms with Gasteiger partial charge >= 0.3 is 5.95 Å². The number of nitro groups is 1. The molecule has 1 aromatic rings. The third-order valence-corrected chi connectivity index (χ3v) is 1.61. The van der Waals surface area contributed by atoms with Crippen molar-refractivity contribution in [3.8, 4) is 0 Å². The molecule has 0 aliphatic rings. The average Bonchev–Trinajstić information content (AvgIpc) is 2.62. The van der Waals surface area contributed by atoms with E-state index in [9.17, 15) is 14.9 Å². The Hall–Kier alpha value is -1.76. The lowest BCUT2D eigenvalue weighted by molar-refractivity contribution is -0.398. The monoisotopic (exact) mass is 199 g/mol. The second kappa shape index (κ2) is 4.47. The Labute approximate surface area is 79.5 Å². The van der Waals surface area contributed by atoms with Crippen LogP contribution in [0.5, 0.6) is 0 Å². The lowest BCUT2D eigenvalue weighted by atomic mass is 10.6. The molecule has 7 nitrogen and oxygen atoms in total. The van der Waals surface area contributed by atoms with Gasteiger partial charge in [-0.15, -0.1) is 0 Å². The highest BCUT2D eigenvalue weighted by Crippen LogP contribution is 2.15. The van der Waals surface area contributed by atoms with Crippen LogP contribution in [0.2, 0.25) is 0 Å². The molecular formula is C7H9N3O4. The van der Waals surface area contributed by atoms with Gasteiger partial charge in [-0.3, -0.25) is 0 Å². The maximum Gasteiger partial charge on any atom is 0.436 e. The van der Waals surface area contributed by atoms with E-state index in [4.69, 9.17) is 4.74 Å². The Balaban J connectivity index is 2.78. The molecule has 1 unspecified atom stereocenters. The first kappa shape index (κ1) is 10.3. The van der Waals surface area contributed by atoms with Gasteiger partial charge < -0.3 is 19.6 Å². The number of imidazole rings is 1. The van der Waals surface area contributed by atoms with Crippen molar-refractivity contribution in [2.24, 2.45) is 0 Å². The number of rotatable bonds is 5. The normalized spacial score (nSPS) is 12.4. The van der Waals surface area contributed by atoms with Crippen molar-refractivity contribution in [3.63, 3.8) is 0 Å². The van der Waals surface area contributed by atoms with Gasteiger partial charge in [0.05, 0.1) is 0 Å². The van der Waals surface area contributed by atoms with Crippen molar-refractivity contribution in [1.82, 2.24) is 9.55 Å². The highest BCUT2D eigenvalue weighted by molar-refractivity contribution is 5.50. The van der Waals surface area contributed by atoms with Crippen LogP contribution in [-0.2, 0) is 9.53 Å². The van der Waals surface area contributed by atoms with Crippen molar-refractivity contribution < 1.29 is 14.5 Å². The molecule has 0 fully saturated rings. The van der Waals surface area contributed by atoms with Crippen LogP contribution in [-0.4, -0.2) is 27.4 Å². The molecule has 0 radical (unpaired) electrons. The molecule has 0 amide bonds. The fourth-order valence-corrected chi connectivity index (χ4v) is 0.989. The quantitative estimate of drug-likeness (QED) is 0.392. The molecule has 0 aliphatic heterocycles. The molecule has 1 atom stereocenters. The van der Waals surface area contributed by atoms with Crippen molar-refractivity contribution in [2.75, 3.05) is 6.61 Å². The summed E-state index contributed by atoms with van der Waals surface area (Å²) in [6.45, 7) is 1.49. The minimum atomic E-state index is -0.610. The fraction of sp³-hybridized carbons (Fsp3) is 0.429. The summed E-state index contributed by atoms with van der Waals surface area (Å²) in [5.41, 5.74) is 0. The van der Waals surface area contributed by atoms with E-state index in [2.05, 4.69) is 4.98 Å². The van der Waals surface area contributed by atoms with Crippen LogP contribution < -0.4 is 0 Å². The predicted octanol–water partition coefficient (Wildman–Crippen LogP) is 0.525. The molecule has 1 rings (SSSR count). The number of carbonyl (C=O) groups excluding carboxylic acids is 1. The van der Waals surface area contributed by atoms with Gasteiger partial charge in [-0.2, -0.15) is 0 Å². The summed E-state index contributed by atoms with van der Waals surface area (Å²) >= 11 is 0. The standard InChI is InChI=1S/C7H9N3O4/c1-6(14-5-4-11)9-3-2-8-7(9)10(12)13/h2-4,6H,5H2,1H3. The van der Waals surface area contributed by atoms with Gasteiger partial charge in [-0.25, -0.2) is 4.57 Å². The van der Waals surface area contributed by atoms with Crippen LogP contribution in [0.25, 0.3) is 0 Å². The molecule has 0 saturated heterocycles. The number of hydrogen-bond donors (Lipinski definition) is 0. The van der Waals surface area contributed by atoms with Crippen LogP contribution in [0, 0.1) is 10.1 Å². The number of carbonyl (C=O) groups is 1. The Bertz CT molecular complexity index is 335. The SMILES string of the molecule is CC(OCC=O)n1ccnc1[N+](=O)[O-]. The van der Waals surface area contributed by atoms with Crippen molar-refractivity contribution in [3.05, 3.63) is 22.5 Å². The molecule has 7 heteroatoms. The van der Waals surface area contributed by atoms with Crippen LogP contribution >= 0.6 is 0 Å². The molecule has 0 aliphatic carbocycles. The molecule has 0 bridgehead atoms. The third-order valence-electron chi connectivity index (χ3n) is 1.61. The van der Waals surface area contributed by atoms with E-state index in [0.717, 1.165) is 0 Å². The van der Waals surface area contributed by atoms with Gasteiger partial charge in [0, 0.05) is 0 Å². The summed E-state index contributed by atoms with van der Waals surface area (Å²) in [6, 6.07) is 0. The maximum absolute atomic E-state index is 10.5. The molecular weight excluding hydrogens is 190 g/mol. The van der Waals surface area contributed by atoms with E-state index >= 15 is 0 Å². The molecule has 0 spiro atoms. The van der Waals surface area contributed by atoms with E-state index in [1.165, 1.54) is 17.0 Å². The van der Waals surface area contributed by atoms with Gasteiger partial charge in [-0.1, -0.05) is 4.98 Å². The minimum absolute atomic E-state index is 0.101. The number of aldehydes is 1. The van der Waals surface area contributed by atoms with Crippen LogP contribution in [0.1, 0.15) is 13.2 Å². The Morgan fingerprint density at radius 3 is 3.14 bits per heavy atom. The highest BCUT2D eigenvalue weighted by atomic mass is 16.6. The topological polar surface area (TPSA) is 87.3 Å². The largest absolute Gasteiger partial charge is 0.436 e. The lowest BCUT2D eigenvalue weighted by Gasteiger charge is -2.09. The zero-order chi connectivity index (χ0) is 10.6. The maximum atomic E-state index is 10.5. The predicted molar refractivity (Wildman–Crippen MR) is 45.6 cm³/mol. The zero-order valence-electron chi connectivity index (χ0n) is 7.49. The van der Waals surface area contributed by atoms with E-state index in [1.807, 2.05) is 0 Å². The molecule has 1 aromatic heterocycles. The smallest absolute Gasteiger partial charge is 0.390 e. The second-order valence-corrected chi connectivity index (χ2v) is 2.49. The van der Waals surface area contributed by atoms with Gasteiger partial charge in [-0.05, 0) is 11.8 Å². The molecule has 76 valence electrons. The number of aromatic nitrogens is 2. The Morgan fingerprint density at radius 1 is 1.86 bits per heavy atom. The average molecular weight is 199 g/mol. The number of hydrogen-bond acceptors (Lipinski definition) is 5. The molecule has 0 N–H and O–H groups in total. The third kappa shape index (κ3) is 2.13. The minimum Gasteiger partial charge on any atom is -0.390 e. The Morgan fingerprint density at radius 2 is 2.57 bits per heavy atom. The highest BCUT2D eigenvalue weighted by Gasteiger charge is 2.19. The van der Waals surface area contributed by atoms with Crippen LogP contribution in [0.15, 0.2) is 12.4 Å². The number of ether oxygens (including phenoxy) is 1. The van der Waals surface area contributed by atoms with Crippen LogP contribution in [0.4, 0.5) is 5.95 Å².